The van der Waals surface area contributed by atoms with Gasteiger partial charge in [0, 0.05) is 42.5 Å². The predicted octanol–water partition coefficient (Wildman–Crippen LogP) is 3.08. The van der Waals surface area contributed by atoms with E-state index in [0.29, 0.717) is 24.5 Å². The lowest BCUT2D eigenvalue weighted by atomic mass is 9.69. The average molecular weight is 410 g/mol. The van der Waals surface area contributed by atoms with E-state index in [0.717, 1.165) is 32.2 Å². The van der Waals surface area contributed by atoms with Gasteiger partial charge in [-0.2, -0.15) is 0 Å². The zero-order valence-corrected chi connectivity index (χ0v) is 18.4. The van der Waals surface area contributed by atoms with E-state index in [1.165, 1.54) is 24.8 Å². The van der Waals surface area contributed by atoms with Crippen LogP contribution in [0.2, 0.25) is 0 Å². The van der Waals surface area contributed by atoms with Gasteiger partial charge in [0.1, 0.15) is 0 Å². The molecule has 5 atom stereocenters. The molecule has 5 heteroatoms. The van der Waals surface area contributed by atoms with Crippen molar-refractivity contribution < 1.29 is 9.59 Å². The summed E-state index contributed by atoms with van der Waals surface area (Å²) in [5.41, 5.74) is 1.51. The molecule has 2 bridgehead atoms. The fraction of sp³-hybridized carbons (Fsp3) is 0.680. The molecule has 162 valence electrons. The molecule has 3 aliphatic heterocycles. The third kappa shape index (κ3) is 3.17. The minimum Gasteiger partial charge on any atom is -0.333 e. The first-order chi connectivity index (χ1) is 14.5. The van der Waals surface area contributed by atoms with E-state index >= 15 is 0 Å². The fourth-order valence-corrected chi connectivity index (χ4v) is 7.17. The van der Waals surface area contributed by atoms with Gasteiger partial charge in [0.15, 0.2) is 0 Å². The van der Waals surface area contributed by atoms with Crippen LogP contribution in [0.1, 0.15) is 57.4 Å². The lowest BCUT2D eigenvalue weighted by Crippen LogP contribution is -2.58. The number of hydrogen-bond acceptors (Lipinski definition) is 3. The van der Waals surface area contributed by atoms with Gasteiger partial charge in [-0.3, -0.25) is 14.5 Å². The third-order valence-electron chi connectivity index (χ3n) is 8.60. The number of fused-ring (bicyclic) bond motifs is 1. The molecule has 0 unspecified atom stereocenters. The summed E-state index contributed by atoms with van der Waals surface area (Å²) in [6, 6.07) is 12.1. The molecular formula is C25H35N3O2. The molecule has 3 heterocycles. The van der Waals surface area contributed by atoms with Gasteiger partial charge < -0.3 is 9.80 Å². The normalized spacial score (nSPS) is 36.3. The molecule has 5 rings (SSSR count). The van der Waals surface area contributed by atoms with Crippen molar-refractivity contribution in [1.82, 2.24) is 14.7 Å². The summed E-state index contributed by atoms with van der Waals surface area (Å²) in [5, 5.41) is 0. The maximum Gasteiger partial charge on any atom is 0.242 e. The van der Waals surface area contributed by atoms with E-state index in [2.05, 4.69) is 54.1 Å². The largest absolute Gasteiger partial charge is 0.333 e. The van der Waals surface area contributed by atoms with E-state index < -0.39 is 0 Å². The van der Waals surface area contributed by atoms with Crippen molar-refractivity contribution in [2.75, 3.05) is 20.1 Å². The summed E-state index contributed by atoms with van der Waals surface area (Å²) in [5.74, 6) is 0.325. The predicted molar refractivity (Wildman–Crippen MR) is 117 cm³/mol. The number of amides is 2. The van der Waals surface area contributed by atoms with Crippen molar-refractivity contribution in [2.24, 2.45) is 5.41 Å². The monoisotopic (exact) mass is 409 g/mol. The lowest BCUT2D eigenvalue weighted by molar-refractivity contribution is -0.141. The molecule has 1 aromatic rings. The third-order valence-corrected chi connectivity index (χ3v) is 8.60. The Kier molecular flexibility index (Phi) is 5.12. The molecule has 3 saturated heterocycles. The van der Waals surface area contributed by atoms with Crippen LogP contribution in [0.15, 0.2) is 30.3 Å². The van der Waals surface area contributed by atoms with Crippen molar-refractivity contribution >= 4 is 11.8 Å². The van der Waals surface area contributed by atoms with Crippen LogP contribution in [0.5, 0.6) is 0 Å². The SMILES string of the molecule is CN1[C@@H](Cc2ccccc2)[C@@H]2C[C@@]3(C)[C@H](CCCC[C@@H]13)N2C(=O)CN1CCCC1=O. The molecule has 1 saturated carbocycles. The lowest BCUT2D eigenvalue weighted by Gasteiger charge is -2.49. The highest BCUT2D eigenvalue weighted by molar-refractivity contribution is 5.86. The van der Waals surface area contributed by atoms with Gasteiger partial charge >= 0.3 is 0 Å². The van der Waals surface area contributed by atoms with E-state index in [-0.39, 0.29) is 29.8 Å². The highest BCUT2D eigenvalue weighted by Crippen LogP contribution is 2.55. The first kappa shape index (κ1) is 20.0. The zero-order chi connectivity index (χ0) is 20.9. The molecule has 0 radical (unpaired) electrons. The molecule has 4 aliphatic rings. The van der Waals surface area contributed by atoms with Crippen LogP contribution in [0.4, 0.5) is 0 Å². The van der Waals surface area contributed by atoms with Gasteiger partial charge in [-0.15, -0.1) is 0 Å². The van der Waals surface area contributed by atoms with E-state index in [9.17, 15) is 9.59 Å². The standard InChI is InChI=1S/C25H35N3O2/c1-25-16-20-19(15-18-9-4-3-5-10-18)26(2)21(25)11-6-7-12-22(25)28(20)24(30)17-27-14-8-13-23(27)29/h3-5,9-10,19-22H,6-8,11-17H2,1-2H3/t19-,20-,21+,22-,25+/m0/s1. The summed E-state index contributed by atoms with van der Waals surface area (Å²) in [4.78, 5) is 32.5. The molecule has 4 fully saturated rings. The Labute approximate surface area is 180 Å². The molecule has 30 heavy (non-hydrogen) atoms. The molecule has 0 spiro atoms. The quantitative estimate of drug-likeness (QED) is 0.768. The first-order valence-corrected chi connectivity index (χ1v) is 11.8. The number of carbonyl (C=O) groups excluding carboxylic acids is 2. The Morgan fingerprint density at radius 1 is 1.10 bits per heavy atom. The maximum absolute atomic E-state index is 13.7. The van der Waals surface area contributed by atoms with Crippen molar-refractivity contribution in [2.45, 2.75) is 82.5 Å². The summed E-state index contributed by atoms with van der Waals surface area (Å²) in [6.07, 6.45) is 8.35. The molecule has 1 aliphatic carbocycles. The van der Waals surface area contributed by atoms with Crippen LogP contribution in [0, 0.1) is 5.41 Å². The number of nitrogens with zero attached hydrogens (tertiary/aromatic N) is 3. The van der Waals surface area contributed by atoms with Crippen molar-refractivity contribution in [3.05, 3.63) is 35.9 Å². The topological polar surface area (TPSA) is 43.9 Å². The summed E-state index contributed by atoms with van der Waals surface area (Å²) in [6.45, 7) is 3.44. The highest BCUT2D eigenvalue weighted by atomic mass is 16.2. The highest BCUT2D eigenvalue weighted by Gasteiger charge is 2.62. The smallest absolute Gasteiger partial charge is 0.242 e. The van der Waals surface area contributed by atoms with Gasteiger partial charge in [0.05, 0.1) is 6.54 Å². The number of likely N-dealkylation sites (N-methyl/N-ethyl adjacent to an activating group) is 1. The van der Waals surface area contributed by atoms with Crippen molar-refractivity contribution in [1.29, 1.82) is 0 Å². The Bertz CT molecular complexity index is 812. The number of carbonyl (C=O) groups is 2. The molecule has 1 aromatic carbocycles. The van der Waals surface area contributed by atoms with E-state index in [1.54, 1.807) is 4.90 Å². The molecular weight excluding hydrogens is 374 g/mol. The average Bonchev–Trinajstić information content (AvgIpc) is 3.19. The van der Waals surface area contributed by atoms with Crippen LogP contribution in [0.3, 0.4) is 0 Å². The van der Waals surface area contributed by atoms with Gasteiger partial charge in [-0.1, -0.05) is 50.1 Å². The molecule has 0 N–H and O–H groups in total. The van der Waals surface area contributed by atoms with Crippen LogP contribution in [-0.4, -0.2) is 70.8 Å². The second kappa shape index (κ2) is 7.67. The Morgan fingerprint density at radius 3 is 2.53 bits per heavy atom. The van der Waals surface area contributed by atoms with Gasteiger partial charge in [0.2, 0.25) is 11.8 Å². The van der Waals surface area contributed by atoms with Crippen LogP contribution < -0.4 is 0 Å². The number of rotatable bonds is 4. The number of piperidine rings is 1. The summed E-state index contributed by atoms with van der Waals surface area (Å²) >= 11 is 0. The Balaban J connectivity index is 1.47. The van der Waals surface area contributed by atoms with Crippen LogP contribution in [-0.2, 0) is 16.0 Å². The van der Waals surface area contributed by atoms with Gasteiger partial charge in [0.25, 0.3) is 0 Å². The second-order valence-corrected chi connectivity index (χ2v) is 10.2. The molecule has 5 nitrogen and oxygen atoms in total. The Morgan fingerprint density at radius 2 is 1.83 bits per heavy atom. The van der Waals surface area contributed by atoms with Crippen molar-refractivity contribution in [3.8, 4) is 0 Å². The van der Waals surface area contributed by atoms with Crippen LogP contribution >= 0.6 is 0 Å². The van der Waals surface area contributed by atoms with Crippen LogP contribution in [0.25, 0.3) is 0 Å². The molecule has 0 aromatic heterocycles. The van der Waals surface area contributed by atoms with Crippen molar-refractivity contribution in [3.63, 3.8) is 0 Å². The summed E-state index contributed by atoms with van der Waals surface area (Å²) in [7, 11) is 2.29. The number of hydrogen-bond donors (Lipinski definition) is 0. The van der Waals surface area contributed by atoms with E-state index in [1.807, 2.05) is 0 Å². The minimum atomic E-state index is 0.147. The summed E-state index contributed by atoms with van der Waals surface area (Å²) < 4.78 is 0. The maximum atomic E-state index is 13.7. The second-order valence-electron chi connectivity index (χ2n) is 10.2. The van der Waals surface area contributed by atoms with Gasteiger partial charge in [-0.05, 0) is 44.7 Å². The zero-order valence-electron chi connectivity index (χ0n) is 18.4. The first-order valence-electron chi connectivity index (χ1n) is 11.8. The number of likely N-dealkylation sites (tertiary alicyclic amines) is 3. The van der Waals surface area contributed by atoms with E-state index in [4.69, 9.17) is 0 Å². The minimum absolute atomic E-state index is 0.147. The Hall–Kier alpha value is -1.88. The molecule has 2 amide bonds. The number of benzene rings is 1. The fourth-order valence-electron chi connectivity index (χ4n) is 7.17. The van der Waals surface area contributed by atoms with Gasteiger partial charge in [-0.25, -0.2) is 0 Å².